The van der Waals surface area contributed by atoms with E-state index in [-0.39, 0.29) is 6.04 Å². The molecule has 1 unspecified atom stereocenters. The lowest BCUT2D eigenvalue weighted by Crippen LogP contribution is -2.30. The summed E-state index contributed by atoms with van der Waals surface area (Å²) in [7, 11) is 0. The van der Waals surface area contributed by atoms with Crippen molar-refractivity contribution >= 4 is 0 Å². The van der Waals surface area contributed by atoms with Crippen molar-refractivity contribution < 1.29 is 4.74 Å². The monoisotopic (exact) mass is 244 g/mol. The van der Waals surface area contributed by atoms with Gasteiger partial charge < -0.3 is 10.1 Å². The molecule has 18 heavy (non-hydrogen) atoms. The largest absolute Gasteiger partial charge is 0.381 e. The summed E-state index contributed by atoms with van der Waals surface area (Å²) >= 11 is 0. The molecule has 1 N–H and O–H groups in total. The highest BCUT2D eigenvalue weighted by Gasteiger charge is 2.16. The van der Waals surface area contributed by atoms with Gasteiger partial charge in [-0.2, -0.15) is 5.26 Å². The molecule has 1 atom stereocenters. The van der Waals surface area contributed by atoms with E-state index in [1.165, 1.54) is 5.56 Å². The molecule has 0 bridgehead atoms. The van der Waals surface area contributed by atoms with Gasteiger partial charge in [0, 0.05) is 19.3 Å². The molecule has 1 aliphatic heterocycles. The molecule has 0 saturated carbocycles. The Morgan fingerprint density at radius 1 is 1.28 bits per heavy atom. The number of nitrogens with zero attached hydrogens (tertiary/aromatic N) is 1. The second-order valence-corrected chi connectivity index (χ2v) is 4.79. The van der Waals surface area contributed by atoms with Crippen LogP contribution in [0.1, 0.15) is 30.9 Å². The van der Waals surface area contributed by atoms with Crippen LogP contribution in [0.3, 0.4) is 0 Å². The molecular weight excluding hydrogens is 224 g/mol. The van der Waals surface area contributed by atoms with E-state index in [0.717, 1.165) is 32.6 Å². The van der Waals surface area contributed by atoms with Crippen LogP contribution in [0, 0.1) is 17.2 Å². The van der Waals surface area contributed by atoms with Gasteiger partial charge in [-0.15, -0.1) is 0 Å². The van der Waals surface area contributed by atoms with Crippen LogP contribution in [-0.2, 0) is 4.74 Å². The van der Waals surface area contributed by atoms with Crippen molar-refractivity contribution in [3.05, 3.63) is 35.9 Å². The maximum absolute atomic E-state index is 8.92. The Labute approximate surface area is 109 Å². The Balaban J connectivity index is 1.88. The molecule has 0 aliphatic carbocycles. The van der Waals surface area contributed by atoms with Gasteiger partial charge in [-0.05, 0) is 30.9 Å². The molecule has 1 aromatic carbocycles. The molecule has 96 valence electrons. The number of nitriles is 1. The van der Waals surface area contributed by atoms with E-state index in [0.29, 0.717) is 12.3 Å². The van der Waals surface area contributed by atoms with Crippen molar-refractivity contribution in [1.82, 2.24) is 5.32 Å². The third kappa shape index (κ3) is 3.83. The van der Waals surface area contributed by atoms with Gasteiger partial charge in [0.25, 0.3) is 0 Å². The fourth-order valence-electron chi connectivity index (χ4n) is 2.34. The van der Waals surface area contributed by atoms with E-state index in [1.807, 2.05) is 18.2 Å². The first-order valence-corrected chi connectivity index (χ1v) is 6.63. The lowest BCUT2D eigenvalue weighted by molar-refractivity contribution is 0.0655. The molecule has 1 heterocycles. The molecular formula is C15H20N2O. The Kier molecular flexibility index (Phi) is 5.19. The molecule has 0 radical (unpaired) electrons. The maximum atomic E-state index is 8.92. The van der Waals surface area contributed by atoms with Gasteiger partial charge in [-0.3, -0.25) is 0 Å². The summed E-state index contributed by atoms with van der Waals surface area (Å²) in [5, 5.41) is 12.5. The first-order chi connectivity index (χ1) is 8.90. The molecule has 2 rings (SSSR count). The fourth-order valence-corrected chi connectivity index (χ4v) is 2.34. The molecule has 1 saturated heterocycles. The highest BCUT2D eigenvalue weighted by Crippen LogP contribution is 2.19. The number of hydrogen-bond acceptors (Lipinski definition) is 3. The van der Waals surface area contributed by atoms with E-state index >= 15 is 0 Å². The number of rotatable bonds is 5. The van der Waals surface area contributed by atoms with Crippen molar-refractivity contribution in [3.63, 3.8) is 0 Å². The number of benzene rings is 1. The second-order valence-electron chi connectivity index (χ2n) is 4.79. The van der Waals surface area contributed by atoms with Gasteiger partial charge in [0.15, 0.2) is 0 Å². The molecule has 1 aromatic rings. The first-order valence-electron chi connectivity index (χ1n) is 6.63. The quantitative estimate of drug-likeness (QED) is 0.866. The summed E-state index contributed by atoms with van der Waals surface area (Å²) in [6.45, 7) is 2.73. The summed E-state index contributed by atoms with van der Waals surface area (Å²) in [5.41, 5.74) is 1.20. The lowest BCUT2D eigenvalue weighted by atomic mass is 9.98. The summed E-state index contributed by atoms with van der Waals surface area (Å²) in [6, 6.07) is 12.6. The predicted octanol–water partition coefficient (Wildman–Crippen LogP) is 2.66. The average molecular weight is 244 g/mol. The zero-order valence-electron chi connectivity index (χ0n) is 10.6. The van der Waals surface area contributed by atoms with Crippen molar-refractivity contribution in [2.45, 2.75) is 25.3 Å². The van der Waals surface area contributed by atoms with Crippen LogP contribution < -0.4 is 5.32 Å². The molecule has 3 nitrogen and oxygen atoms in total. The fraction of sp³-hybridized carbons (Fsp3) is 0.533. The van der Waals surface area contributed by atoms with Crippen molar-refractivity contribution in [2.24, 2.45) is 5.92 Å². The summed E-state index contributed by atoms with van der Waals surface area (Å²) < 4.78 is 5.36. The Morgan fingerprint density at radius 3 is 2.67 bits per heavy atom. The molecule has 1 aliphatic rings. The van der Waals surface area contributed by atoms with Gasteiger partial charge in [0.05, 0.1) is 12.5 Å². The van der Waals surface area contributed by atoms with Crippen LogP contribution in [0.5, 0.6) is 0 Å². The Bertz CT molecular complexity index is 379. The standard InChI is InChI=1S/C15H20N2O/c16-9-6-15(14-4-2-1-3-5-14)17-12-13-7-10-18-11-8-13/h1-5,13,15,17H,6-8,10-12H2. The number of hydrogen-bond donors (Lipinski definition) is 1. The smallest absolute Gasteiger partial charge is 0.0641 e. The molecule has 3 heteroatoms. The Hall–Kier alpha value is -1.37. The SMILES string of the molecule is N#CCC(NCC1CCOCC1)c1ccccc1. The molecule has 0 spiro atoms. The third-order valence-electron chi connectivity index (χ3n) is 3.49. The molecule has 1 fully saturated rings. The average Bonchev–Trinajstić information content (AvgIpc) is 2.45. The van der Waals surface area contributed by atoms with Crippen molar-refractivity contribution in [1.29, 1.82) is 5.26 Å². The normalized spacial score (nSPS) is 18.2. The van der Waals surface area contributed by atoms with Crippen LogP contribution in [0.25, 0.3) is 0 Å². The zero-order chi connectivity index (χ0) is 12.6. The zero-order valence-corrected chi connectivity index (χ0v) is 10.6. The van der Waals surface area contributed by atoms with Gasteiger partial charge in [-0.1, -0.05) is 30.3 Å². The van der Waals surface area contributed by atoms with Crippen LogP contribution in [0.15, 0.2) is 30.3 Å². The number of nitrogens with one attached hydrogen (secondary N) is 1. The van der Waals surface area contributed by atoms with Crippen LogP contribution in [0.2, 0.25) is 0 Å². The third-order valence-corrected chi connectivity index (χ3v) is 3.49. The van der Waals surface area contributed by atoms with Gasteiger partial charge >= 0.3 is 0 Å². The highest BCUT2D eigenvalue weighted by atomic mass is 16.5. The van der Waals surface area contributed by atoms with Gasteiger partial charge in [0.2, 0.25) is 0 Å². The van der Waals surface area contributed by atoms with Crippen molar-refractivity contribution in [2.75, 3.05) is 19.8 Å². The maximum Gasteiger partial charge on any atom is 0.0641 e. The molecule has 0 aromatic heterocycles. The van der Waals surface area contributed by atoms with Crippen LogP contribution in [-0.4, -0.2) is 19.8 Å². The Morgan fingerprint density at radius 2 is 2.00 bits per heavy atom. The summed E-state index contributed by atoms with van der Waals surface area (Å²) in [6.07, 6.45) is 2.77. The topological polar surface area (TPSA) is 45.0 Å². The van der Waals surface area contributed by atoms with E-state index in [2.05, 4.69) is 23.5 Å². The van der Waals surface area contributed by atoms with E-state index in [4.69, 9.17) is 10.00 Å². The number of ether oxygens (including phenoxy) is 1. The highest BCUT2D eigenvalue weighted by molar-refractivity contribution is 5.19. The predicted molar refractivity (Wildman–Crippen MR) is 71.0 cm³/mol. The minimum absolute atomic E-state index is 0.152. The van der Waals surface area contributed by atoms with Gasteiger partial charge in [-0.25, -0.2) is 0 Å². The minimum atomic E-state index is 0.152. The van der Waals surface area contributed by atoms with E-state index < -0.39 is 0 Å². The van der Waals surface area contributed by atoms with Gasteiger partial charge in [0.1, 0.15) is 0 Å². The van der Waals surface area contributed by atoms with Crippen LogP contribution >= 0.6 is 0 Å². The van der Waals surface area contributed by atoms with E-state index in [1.54, 1.807) is 0 Å². The van der Waals surface area contributed by atoms with E-state index in [9.17, 15) is 0 Å². The lowest BCUT2D eigenvalue weighted by Gasteiger charge is -2.25. The summed E-state index contributed by atoms with van der Waals surface area (Å²) in [5.74, 6) is 0.684. The summed E-state index contributed by atoms with van der Waals surface area (Å²) in [4.78, 5) is 0. The first kappa shape index (κ1) is 13.1. The van der Waals surface area contributed by atoms with Crippen LogP contribution in [0.4, 0.5) is 0 Å². The molecule has 0 amide bonds. The minimum Gasteiger partial charge on any atom is -0.381 e. The second kappa shape index (κ2) is 7.15. The van der Waals surface area contributed by atoms with Crippen molar-refractivity contribution in [3.8, 4) is 6.07 Å².